The predicted octanol–water partition coefficient (Wildman–Crippen LogP) is 2.60. The SMILES string of the molecule is NC(=O)C1(C(=O)N(c2ccc(O)c(F)c2)c2ccccc2F)CC1. The van der Waals surface area contributed by atoms with Gasteiger partial charge in [-0.05, 0) is 37.1 Å². The Bertz CT molecular complexity index is 834. The second-order valence-electron chi connectivity index (χ2n) is 5.67. The molecular formula is C17H14F2N2O3. The summed E-state index contributed by atoms with van der Waals surface area (Å²) in [5.74, 6) is -3.79. The molecule has 24 heavy (non-hydrogen) atoms. The maximum absolute atomic E-state index is 14.2. The number of halogens is 2. The molecule has 0 radical (unpaired) electrons. The summed E-state index contributed by atoms with van der Waals surface area (Å²) in [6, 6.07) is 8.66. The number of primary amides is 1. The van der Waals surface area contributed by atoms with Crippen LogP contribution in [-0.2, 0) is 9.59 Å². The van der Waals surface area contributed by atoms with E-state index in [1.807, 2.05) is 0 Å². The van der Waals surface area contributed by atoms with E-state index in [1.54, 1.807) is 0 Å². The fraction of sp³-hybridized carbons (Fsp3) is 0.176. The highest BCUT2D eigenvalue weighted by molar-refractivity contribution is 6.16. The largest absolute Gasteiger partial charge is 0.505 e. The summed E-state index contributed by atoms with van der Waals surface area (Å²) >= 11 is 0. The van der Waals surface area contributed by atoms with Crippen LogP contribution in [0.4, 0.5) is 20.2 Å². The lowest BCUT2D eigenvalue weighted by atomic mass is 10.0. The first-order valence-corrected chi connectivity index (χ1v) is 7.24. The Morgan fingerprint density at radius 3 is 2.29 bits per heavy atom. The van der Waals surface area contributed by atoms with Gasteiger partial charge in [0.25, 0.3) is 0 Å². The number of aromatic hydroxyl groups is 1. The molecule has 1 aliphatic rings. The van der Waals surface area contributed by atoms with Crippen molar-refractivity contribution >= 4 is 23.2 Å². The summed E-state index contributed by atoms with van der Waals surface area (Å²) in [5, 5.41) is 9.32. The molecule has 2 aromatic rings. The van der Waals surface area contributed by atoms with Gasteiger partial charge in [0.2, 0.25) is 11.8 Å². The number of amides is 2. The lowest BCUT2D eigenvalue weighted by molar-refractivity contribution is -0.133. The van der Waals surface area contributed by atoms with E-state index in [2.05, 4.69) is 0 Å². The molecule has 0 saturated heterocycles. The van der Waals surface area contributed by atoms with Crippen molar-refractivity contribution in [2.45, 2.75) is 12.8 Å². The molecule has 124 valence electrons. The Morgan fingerprint density at radius 2 is 1.75 bits per heavy atom. The number of rotatable bonds is 4. The second-order valence-corrected chi connectivity index (χ2v) is 5.67. The van der Waals surface area contributed by atoms with Gasteiger partial charge in [-0.1, -0.05) is 12.1 Å². The van der Waals surface area contributed by atoms with Crippen molar-refractivity contribution < 1.29 is 23.5 Å². The van der Waals surface area contributed by atoms with Gasteiger partial charge in [-0.2, -0.15) is 0 Å². The summed E-state index contributed by atoms with van der Waals surface area (Å²) in [5.41, 5.74) is 3.79. The summed E-state index contributed by atoms with van der Waals surface area (Å²) in [4.78, 5) is 25.5. The highest BCUT2D eigenvalue weighted by Crippen LogP contribution is 2.49. The standard InChI is InChI=1S/C17H14F2N2O3/c18-11-3-1-2-4-13(11)21(10-5-6-14(22)12(19)9-10)16(24)17(7-8-17)15(20)23/h1-6,9,22H,7-8H2,(H2,20,23). The number of phenols is 1. The molecule has 0 heterocycles. The number of carbonyl (C=O) groups excluding carboxylic acids is 2. The first-order valence-electron chi connectivity index (χ1n) is 7.24. The third-order valence-electron chi connectivity index (χ3n) is 4.12. The van der Waals surface area contributed by atoms with Gasteiger partial charge in [-0.15, -0.1) is 0 Å². The van der Waals surface area contributed by atoms with E-state index in [0.29, 0.717) is 0 Å². The van der Waals surface area contributed by atoms with Crippen LogP contribution in [0.2, 0.25) is 0 Å². The number of anilines is 2. The molecular weight excluding hydrogens is 318 g/mol. The van der Waals surface area contributed by atoms with Gasteiger partial charge < -0.3 is 10.8 Å². The molecule has 7 heteroatoms. The van der Waals surface area contributed by atoms with Gasteiger partial charge in [0.1, 0.15) is 11.2 Å². The molecule has 2 amide bonds. The van der Waals surface area contributed by atoms with Crippen molar-refractivity contribution in [1.82, 2.24) is 0 Å². The minimum Gasteiger partial charge on any atom is -0.505 e. The predicted molar refractivity (Wildman–Crippen MR) is 82.5 cm³/mol. The van der Waals surface area contributed by atoms with E-state index >= 15 is 0 Å². The van der Waals surface area contributed by atoms with Gasteiger partial charge in [0.05, 0.1) is 11.4 Å². The van der Waals surface area contributed by atoms with Gasteiger partial charge in [-0.3, -0.25) is 14.5 Å². The van der Waals surface area contributed by atoms with Crippen LogP contribution in [0.1, 0.15) is 12.8 Å². The van der Waals surface area contributed by atoms with Crippen LogP contribution in [0.3, 0.4) is 0 Å². The topological polar surface area (TPSA) is 83.6 Å². The summed E-state index contributed by atoms with van der Waals surface area (Å²) in [6.45, 7) is 0. The molecule has 0 bridgehead atoms. The van der Waals surface area contributed by atoms with Crippen LogP contribution in [0.5, 0.6) is 5.75 Å². The van der Waals surface area contributed by atoms with Crippen molar-refractivity contribution in [3.63, 3.8) is 0 Å². The number of nitrogens with zero attached hydrogens (tertiary/aromatic N) is 1. The molecule has 2 aromatic carbocycles. The molecule has 1 aliphatic carbocycles. The van der Waals surface area contributed by atoms with Crippen LogP contribution in [0.15, 0.2) is 42.5 Å². The number of hydrogen-bond acceptors (Lipinski definition) is 3. The van der Waals surface area contributed by atoms with Gasteiger partial charge in [-0.25, -0.2) is 8.78 Å². The number of nitrogens with two attached hydrogens (primary N) is 1. The third kappa shape index (κ3) is 2.47. The Kier molecular flexibility index (Phi) is 3.71. The number of hydrogen-bond donors (Lipinski definition) is 2. The Labute approximate surface area is 136 Å². The quantitative estimate of drug-likeness (QED) is 0.844. The zero-order chi connectivity index (χ0) is 17.5. The average molecular weight is 332 g/mol. The van der Waals surface area contributed by atoms with Crippen molar-refractivity contribution in [1.29, 1.82) is 0 Å². The normalized spacial score (nSPS) is 14.9. The molecule has 0 atom stereocenters. The highest BCUT2D eigenvalue weighted by Gasteiger charge is 2.57. The third-order valence-corrected chi connectivity index (χ3v) is 4.12. The van der Waals surface area contributed by atoms with E-state index in [9.17, 15) is 23.5 Å². The maximum Gasteiger partial charge on any atom is 0.247 e. The highest BCUT2D eigenvalue weighted by atomic mass is 19.1. The van der Waals surface area contributed by atoms with Crippen LogP contribution in [0.25, 0.3) is 0 Å². The fourth-order valence-electron chi connectivity index (χ4n) is 2.54. The summed E-state index contributed by atoms with van der Waals surface area (Å²) in [6.07, 6.45) is 0.513. The molecule has 3 rings (SSSR count). The lowest BCUT2D eigenvalue weighted by Crippen LogP contribution is -2.41. The van der Waals surface area contributed by atoms with Crippen LogP contribution in [0, 0.1) is 17.0 Å². The minimum atomic E-state index is -1.41. The van der Waals surface area contributed by atoms with Crippen molar-refractivity contribution in [2.75, 3.05) is 4.90 Å². The Hall–Kier alpha value is -2.96. The van der Waals surface area contributed by atoms with E-state index in [4.69, 9.17) is 5.73 Å². The molecule has 1 saturated carbocycles. The zero-order valence-electron chi connectivity index (χ0n) is 12.5. The van der Waals surface area contributed by atoms with E-state index in [-0.39, 0.29) is 24.2 Å². The van der Waals surface area contributed by atoms with Gasteiger partial charge in [0, 0.05) is 6.07 Å². The number of benzene rings is 2. The van der Waals surface area contributed by atoms with E-state index in [0.717, 1.165) is 23.1 Å². The van der Waals surface area contributed by atoms with Crippen molar-refractivity contribution in [2.24, 2.45) is 11.1 Å². The fourth-order valence-corrected chi connectivity index (χ4v) is 2.54. The molecule has 3 N–H and O–H groups in total. The minimum absolute atomic E-state index is 0.00655. The Morgan fingerprint density at radius 1 is 1.08 bits per heavy atom. The van der Waals surface area contributed by atoms with E-state index in [1.165, 1.54) is 24.3 Å². The van der Waals surface area contributed by atoms with Crippen LogP contribution >= 0.6 is 0 Å². The van der Waals surface area contributed by atoms with Crippen molar-refractivity contribution in [3.8, 4) is 5.75 Å². The first-order chi connectivity index (χ1) is 11.4. The molecule has 1 fully saturated rings. The van der Waals surface area contributed by atoms with Crippen LogP contribution in [-0.4, -0.2) is 16.9 Å². The molecule has 0 aromatic heterocycles. The monoisotopic (exact) mass is 332 g/mol. The number of carbonyl (C=O) groups is 2. The maximum atomic E-state index is 14.2. The number of phenolic OH excluding ortho intramolecular Hbond substituents is 1. The smallest absolute Gasteiger partial charge is 0.247 e. The Balaban J connectivity index is 2.15. The first kappa shape index (κ1) is 15.9. The van der Waals surface area contributed by atoms with E-state index < -0.39 is 34.6 Å². The summed E-state index contributed by atoms with van der Waals surface area (Å²) < 4.78 is 27.9. The molecule has 0 unspecified atom stereocenters. The molecule has 5 nitrogen and oxygen atoms in total. The van der Waals surface area contributed by atoms with Gasteiger partial charge in [0.15, 0.2) is 11.6 Å². The average Bonchev–Trinajstić information content (AvgIpc) is 3.34. The lowest BCUT2D eigenvalue weighted by Gasteiger charge is -2.26. The second kappa shape index (κ2) is 5.59. The molecule has 0 aliphatic heterocycles. The van der Waals surface area contributed by atoms with Crippen molar-refractivity contribution in [3.05, 3.63) is 54.1 Å². The van der Waals surface area contributed by atoms with Gasteiger partial charge >= 0.3 is 0 Å². The summed E-state index contributed by atoms with van der Waals surface area (Å²) in [7, 11) is 0. The molecule has 0 spiro atoms. The zero-order valence-corrected chi connectivity index (χ0v) is 12.5. The van der Waals surface area contributed by atoms with Crippen LogP contribution < -0.4 is 10.6 Å². The number of para-hydroxylation sites is 1.